The number of hydrogen-bond donors (Lipinski definition) is 0. The summed E-state index contributed by atoms with van der Waals surface area (Å²) in [5.74, 6) is 0. The topological polar surface area (TPSA) is 68.1 Å². The van der Waals surface area contributed by atoms with E-state index in [0.29, 0.717) is 18.0 Å². The molecule has 0 bridgehead atoms. The second-order valence-corrected chi connectivity index (χ2v) is 7.88. The number of benzene rings is 1. The number of nitrogens with zero attached hydrogens (tertiary/aromatic N) is 4. The fraction of sp³-hybridized carbons (Fsp3) is 0.294. The molecule has 1 aliphatic rings. The van der Waals surface area contributed by atoms with E-state index in [1.165, 1.54) is 0 Å². The van der Waals surface area contributed by atoms with Gasteiger partial charge in [-0.25, -0.2) is 18.4 Å². The molecular formula is C17H18N4O2S. The quantitative estimate of drug-likeness (QED) is 0.733. The van der Waals surface area contributed by atoms with E-state index in [1.54, 1.807) is 34.8 Å². The van der Waals surface area contributed by atoms with Crippen LogP contribution in [0.3, 0.4) is 0 Å². The molecule has 0 unspecified atom stereocenters. The highest BCUT2D eigenvalue weighted by Gasteiger charge is 2.30. The molecule has 6 nitrogen and oxygen atoms in total. The van der Waals surface area contributed by atoms with Gasteiger partial charge in [0, 0.05) is 25.3 Å². The first-order valence-corrected chi connectivity index (χ1v) is 9.43. The summed E-state index contributed by atoms with van der Waals surface area (Å²) < 4.78 is 29.0. The summed E-state index contributed by atoms with van der Waals surface area (Å²) in [4.78, 5) is 9.14. The lowest BCUT2D eigenvalue weighted by atomic mass is 10.1. The molecule has 1 aliphatic heterocycles. The van der Waals surface area contributed by atoms with Crippen LogP contribution in [0.2, 0.25) is 0 Å². The Bertz CT molecular complexity index is 945. The molecule has 3 heterocycles. The lowest BCUT2D eigenvalue weighted by Gasteiger charge is -2.31. The monoisotopic (exact) mass is 342 g/mol. The van der Waals surface area contributed by atoms with Crippen LogP contribution in [0.1, 0.15) is 18.9 Å². The number of pyridine rings is 1. The summed E-state index contributed by atoms with van der Waals surface area (Å²) in [6.07, 6.45) is 5.08. The minimum atomic E-state index is -3.40. The SMILES string of the molecule is O=S(=O)(c1ccccc1)N1CCC(n2cnc3cccnc32)CC1. The van der Waals surface area contributed by atoms with Crippen molar-refractivity contribution in [2.45, 2.75) is 23.8 Å². The van der Waals surface area contributed by atoms with Crippen LogP contribution in [0.25, 0.3) is 11.2 Å². The second kappa shape index (κ2) is 5.99. The van der Waals surface area contributed by atoms with E-state index in [1.807, 2.05) is 24.5 Å². The molecule has 3 aromatic rings. The Kier molecular flexibility index (Phi) is 3.82. The van der Waals surface area contributed by atoms with Gasteiger partial charge in [-0.2, -0.15) is 4.31 Å². The standard InChI is InChI=1S/C17H18N4O2S/c22-24(23,15-5-2-1-3-6-15)20-11-8-14(9-12-20)21-13-19-16-7-4-10-18-17(16)21/h1-7,10,13-14H,8-9,11-12H2. The minimum Gasteiger partial charge on any atom is -0.312 e. The first kappa shape index (κ1) is 15.3. The number of hydrogen-bond acceptors (Lipinski definition) is 4. The van der Waals surface area contributed by atoms with Crippen molar-refractivity contribution in [2.24, 2.45) is 0 Å². The van der Waals surface area contributed by atoms with Crippen LogP contribution in [0.4, 0.5) is 0 Å². The van der Waals surface area contributed by atoms with Gasteiger partial charge in [0.2, 0.25) is 10.0 Å². The van der Waals surface area contributed by atoms with Crippen molar-refractivity contribution in [3.05, 3.63) is 55.0 Å². The molecule has 1 saturated heterocycles. The summed E-state index contributed by atoms with van der Waals surface area (Å²) in [6.45, 7) is 1.02. The third kappa shape index (κ3) is 2.59. The molecule has 0 spiro atoms. The lowest BCUT2D eigenvalue weighted by Crippen LogP contribution is -2.38. The molecule has 24 heavy (non-hydrogen) atoms. The Hall–Kier alpha value is -2.25. The fourth-order valence-electron chi connectivity index (χ4n) is 3.24. The Morgan fingerprint density at radius 1 is 0.958 bits per heavy atom. The Morgan fingerprint density at radius 2 is 1.71 bits per heavy atom. The lowest BCUT2D eigenvalue weighted by molar-refractivity contribution is 0.276. The van der Waals surface area contributed by atoms with Crippen molar-refractivity contribution in [2.75, 3.05) is 13.1 Å². The van der Waals surface area contributed by atoms with Crippen LogP contribution in [-0.2, 0) is 10.0 Å². The maximum Gasteiger partial charge on any atom is 0.243 e. The molecule has 1 aromatic carbocycles. The summed E-state index contributed by atoms with van der Waals surface area (Å²) in [5, 5.41) is 0. The van der Waals surface area contributed by atoms with Gasteiger partial charge < -0.3 is 4.57 Å². The van der Waals surface area contributed by atoms with Gasteiger partial charge in [-0.05, 0) is 37.1 Å². The predicted octanol–water partition coefficient (Wildman–Crippen LogP) is 2.46. The van der Waals surface area contributed by atoms with Crippen LogP contribution in [-0.4, -0.2) is 40.3 Å². The summed E-state index contributed by atoms with van der Waals surface area (Å²) in [7, 11) is -3.40. The van der Waals surface area contributed by atoms with Crippen LogP contribution in [0.5, 0.6) is 0 Å². The molecule has 0 radical (unpaired) electrons. The number of aromatic nitrogens is 3. The van der Waals surface area contributed by atoms with E-state index in [4.69, 9.17) is 0 Å². The van der Waals surface area contributed by atoms with E-state index in [2.05, 4.69) is 14.5 Å². The second-order valence-electron chi connectivity index (χ2n) is 5.95. The predicted molar refractivity (Wildman–Crippen MR) is 91.0 cm³/mol. The average molecular weight is 342 g/mol. The number of fused-ring (bicyclic) bond motifs is 1. The third-order valence-electron chi connectivity index (χ3n) is 4.53. The highest BCUT2D eigenvalue weighted by molar-refractivity contribution is 7.89. The summed E-state index contributed by atoms with van der Waals surface area (Å²) in [5.41, 5.74) is 1.73. The summed E-state index contributed by atoms with van der Waals surface area (Å²) >= 11 is 0. The fourth-order valence-corrected chi connectivity index (χ4v) is 4.73. The molecule has 4 rings (SSSR count). The molecule has 0 saturated carbocycles. The zero-order valence-corrected chi connectivity index (χ0v) is 13.9. The van der Waals surface area contributed by atoms with Crippen LogP contribution < -0.4 is 0 Å². The highest BCUT2D eigenvalue weighted by atomic mass is 32.2. The van der Waals surface area contributed by atoms with Gasteiger partial charge in [0.15, 0.2) is 5.65 Å². The number of rotatable bonds is 3. The van der Waals surface area contributed by atoms with Crippen molar-refractivity contribution in [3.63, 3.8) is 0 Å². The molecule has 0 atom stereocenters. The van der Waals surface area contributed by atoms with E-state index < -0.39 is 10.0 Å². The van der Waals surface area contributed by atoms with Crippen molar-refractivity contribution in [1.82, 2.24) is 18.8 Å². The molecule has 0 amide bonds. The molecular weight excluding hydrogens is 324 g/mol. The summed E-state index contributed by atoms with van der Waals surface area (Å²) in [6, 6.07) is 12.7. The van der Waals surface area contributed by atoms with Gasteiger partial charge in [-0.3, -0.25) is 0 Å². The van der Waals surface area contributed by atoms with Crippen LogP contribution in [0.15, 0.2) is 59.9 Å². The molecule has 1 fully saturated rings. The zero-order chi connectivity index (χ0) is 16.6. The number of piperidine rings is 1. The van der Waals surface area contributed by atoms with Crippen molar-refractivity contribution < 1.29 is 8.42 Å². The van der Waals surface area contributed by atoms with Gasteiger partial charge in [0.1, 0.15) is 5.52 Å². The number of sulfonamides is 1. The van der Waals surface area contributed by atoms with E-state index >= 15 is 0 Å². The zero-order valence-electron chi connectivity index (χ0n) is 13.1. The maximum absolute atomic E-state index is 12.7. The van der Waals surface area contributed by atoms with Gasteiger partial charge in [-0.1, -0.05) is 18.2 Å². The Labute approximate surface area is 140 Å². The smallest absolute Gasteiger partial charge is 0.243 e. The number of imidazole rings is 1. The van der Waals surface area contributed by atoms with Crippen molar-refractivity contribution in [1.29, 1.82) is 0 Å². The Balaban J connectivity index is 1.53. The largest absolute Gasteiger partial charge is 0.312 e. The molecule has 7 heteroatoms. The average Bonchev–Trinajstić information content (AvgIpc) is 3.07. The van der Waals surface area contributed by atoms with E-state index in [0.717, 1.165) is 24.0 Å². The first-order chi connectivity index (χ1) is 11.7. The van der Waals surface area contributed by atoms with Gasteiger partial charge in [0.25, 0.3) is 0 Å². The van der Waals surface area contributed by atoms with Crippen LogP contribution in [0, 0.1) is 0 Å². The molecule has 0 aliphatic carbocycles. The molecule has 2 aromatic heterocycles. The van der Waals surface area contributed by atoms with Gasteiger partial charge in [-0.15, -0.1) is 0 Å². The molecule has 124 valence electrons. The first-order valence-electron chi connectivity index (χ1n) is 7.99. The van der Waals surface area contributed by atoms with Gasteiger partial charge in [0.05, 0.1) is 11.2 Å². The third-order valence-corrected chi connectivity index (χ3v) is 6.44. The molecule has 0 N–H and O–H groups in total. The van der Waals surface area contributed by atoms with E-state index in [9.17, 15) is 8.42 Å². The van der Waals surface area contributed by atoms with Gasteiger partial charge >= 0.3 is 0 Å². The highest BCUT2D eigenvalue weighted by Crippen LogP contribution is 2.28. The van der Waals surface area contributed by atoms with E-state index in [-0.39, 0.29) is 6.04 Å². The van der Waals surface area contributed by atoms with Crippen LogP contribution >= 0.6 is 0 Å². The van der Waals surface area contributed by atoms with Crippen molar-refractivity contribution >= 4 is 21.2 Å². The van der Waals surface area contributed by atoms with Crippen molar-refractivity contribution in [3.8, 4) is 0 Å². The Morgan fingerprint density at radius 3 is 2.46 bits per heavy atom. The maximum atomic E-state index is 12.7. The normalized spacial score (nSPS) is 17.3. The minimum absolute atomic E-state index is 0.229.